The van der Waals surface area contributed by atoms with Gasteiger partial charge in [0.05, 0.1) is 10.5 Å². The minimum atomic E-state index is -0.294. The highest BCUT2D eigenvalue weighted by molar-refractivity contribution is 8.26. The normalized spacial score (nSPS) is 21.7. The maximum Gasteiger partial charge on any atom is 0.267 e. The summed E-state index contributed by atoms with van der Waals surface area (Å²) in [4.78, 5) is 47.5. The summed E-state index contributed by atoms with van der Waals surface area (Å²) >= 11 is 6.83. The lowest BCUT2D eigenvalue weighted by Gasteiger charge is -2.32. The number of primary amides is 1. The smallest absolute Gasteiger partial charge is 0.267 e. The SMILES string of the molecule is NC(=O)C1CCN(c2nc3ccccn3c(=O)c2C=C2SC(=S)N(C3CCCCC3)C2=O)CC1. The number of thioether (sulfide) groups is 1. The molecular formula is C24H27N5O3S2. The van der Waals surface area contributed by atoms with Gasteiger partial charge in [-0.25, -0.2) is 4.98 Å². The molecule has 10 heteroatoms. The van der Waals surface area contributed by atoms with Crippen molar-refractivity contribution in [3.8, 4) is 0 Å². The van der Waals surface area contributed by atoms with Gasteiger partial charge >= 0.3 is 0 Å². The van der Waals surface area contributed by atoms with Crippen molar-refractivity contribution in [3.05, 3.63) is 45.2 Å². The summed E-state index contributed by atoms with van der Waals surface area (Å²) in [6.45, 7) is 1.12. The number of amides is 2. The van der Waals surface area contributed by atoms with Crippen molar-refractivity contribution in [3.63, 3.8) is 0 Å². The van der Waals surface area contributed by atoms with Gasteiger partial charge in [-0.1, -0.05) is 49.3 Å². The second-order valence-corrected chi connectivity index (χ2v) is 10.8. The van der Waals surface area contributed by atoms with E-state index in [2.05, 4.69) is 0 Å². The monoisotopic (exact) mass is 497 g/mol. The third-order valence-corrected chi connectivity index (χ3v) is 8.32. The molecule has 178 valence electrons. The number of rotatable bonds is 4. The Morgan fingerprint density at radius 1 is 1.12 bits per heavy atom. The molecule has 34 heavy (non-hydrogen) atoms. The molecule has 3 fully saturated rings. The number of nitrogens with zero attached hydrogens (tertiary/aromatic N) is 4. The molecule has 0 bridgehead atoms. The lowest BCUT2D eigenvalue weighted by Crippen LogP contribution is -2.40. The topological polar surface area (TPSA) is 101 Å². The Morgan fingerprint density at radius 3 is 2.56 bits per heavy atom. The summed E-state index contributed by atoms with van der Waals surface area (Å²) < 4.78 is 2.05. The van der Waals surface area contributed by atoms with Crippen molar-refractivity contribution in [1.82, 2.24) is 14.3 Å². The maximum absolute atomic E-state index is 13.5. The van der Waals surface area contributed by atoms with E-state index < -0.39 is 0 Å². The van der Waals surface area contributed by atoms with Gasteiger partial charge in [0.1, 0.15) is 15.8 Å². The van der Waals surface area contributed by atoms with Crippen LogP contribution >= 0.6 is 24.0 Å². The summed E-state index contributed by atoms with van der Waals surface area (Å²) in [5.74, 6) is -0.0642. The standard InChI is InChI=1S/C24H27N5O3S2/c25-20(30)15-9-12-27(13-10-15)21-17(22(31)28-11-5-4-8-19(28)26-21)14-18-23(32)29(24(33)34-18)16-6-2-1-3-7-16/h4-5,8,11,14-16H,1-3,6-7,9-10,12-13H2,(H2,25,30). The maximum atomic E-state index is 13.5. The van der Waals surface area contributed by atoms with Crippen LogP contribution in [-0.2, 0) is 9.59 Å². The third-order valence-electron chi connectivity index (χ3n) is 6.98. The molecule has 0 spiro atoms. The molecule has 2 saturated heterocycles. The number of fused-ring (bicyclic) bond motifs is 1. The van der Waals surface area contributed by atoms with Gasteiger partial charge in [0.25, 0.3) is 11.5 Å². The van der Waals surface area contributed by atoms with Gasteiger partial charge in [-0.2, -0.15) is 0 Å². The van der Waals surface area contributed by atoms with E-state index >= 15 is 0 Å². The largest absolute Gasteiger partial charge is 0.369 e. The number of piperidine rings is 1. The van der Waals surface area contributed by atoms with Crippen LogP contribution < -0.4 is 16.2 Å². The number of aromatic nitrogens is 2. The zero-order valence-corrected chi connectivity index (χ0v) is 20.4. The number of carbonyl (C=O) groups excluding carboxylic acids is 2. The van der Waals surface area contributed by atoms with Crippen LogP contribution in [0.1, 0.15) is 50.5 Å². The van der Waals surface area contributed by atoms with E-state index in [0.717, 1.165) is 25.7 Å². The van der Waals surface area contributed by atoms with Crippen LogP contribution in [0.15, 0.2) is 34.1 Å². The lowest BCUT2D eigenvalue weighted by molar-refractivity contribution is -0.124. The molecule has 1 aliphatic carbocycles. The number of hydrogen-bond acceptors (Lipinski definition) is 7. The minimum absolute atomic E-state index is 0.127. The van der Waals surface area contributed by atoms with Gasteiger partial charge in [-0.15, -0.1) is 0 Å². The first-order valence-electron chi connectivity index (χ1n) is 11.8. The fourth-order valence-electron chi connectivity index (χ4n) is 5.10. The highest BCUT2D eigenvalue weighted by Crippen LogP contribution is 2.38. The first-order chi connectivity index (χ1) is 16.4. The van der Waals surface area contributed by atoms with Crippen LogP contribution in [0.4, 0.5) is 5.82 Å². The van der Waals surface area contributed by atoms with Crippen LogP contribution in [0.5, 0.6) is 0 Å². The second-order valence-electron chi connectivity index (χ2n) is 9.09. The van der Waals surface area contributed by atoms with Crippen LogP contribution in [0.25, 0.3) is 11.7 Å². The first kappa shape index (κ1) is 23.0. The Morgan fingerprint density at radius 2 is 1.85 bits per heavy atom. The van der Waals surface area contributed by atoms with E-state index in [9.17, 15) is 14.4 Å². The van der Waals surface area contributed by atoms with Crippen molar-refractivity contribution in [2.75, 3.05) is 18.0 Å². The lowest BCUT2D eigenvalue weighted by atomic mass is 9.94. The van der Waals surface area contributed by atoms with Gasteiger partial charge in [0, 0.05) is 31.2 Å². The third kappa shape index (κ3) is 4.24. The minimum Gasteiger partial charge on any atom is -0.369 e. The molecule has 0 unspecified atom stereocenters. The summed E-state index contributed by atoms with van der Waals surface area (Å²) in [7, 11) is 0. The Bertz CT molecular complexity index is 1240. The van der Waals surface area contributed by atoms with E-state index in [1.165, 1.54) is 22.6 Å². The summed E-state index contributed by atoms with van der Waals surface area (Å²) in [5.41, 5.74) is 6.16. The van der Waals surface area contributed by atoms with Crippen LogP contribution in [-0.4, -0.2) is 49.6 Å². The molecule has 2 aliphatic heterocycles. The van der Waals surface area contributed by atoms with E-state index in [-0.39, 0.29) is 29.3 Å². The average molecular weight is 498 g/mol. The van der Waals surface area contributed by atoms with E-state index in [1.807, 2.05) is 11.0 Å². The Kier molecular flexibility index (Phi) is 6.44. The fraction of sp³-hybridized carbons (Fsp3) is 0.458. The number of carbonyl (C=O) groups is 2. The molecule has 0 radical (unpaired) electrons. The Labute approximate surface area is 207 Å². The second kappa shape index (κ2) is 9.50. The zero-order valence-electron chi connectivity index (χ0n) is 18.8. The first-order valence-corrected chi connectivity index (χ1v) is 13.0. The molecule has 2 N–H and O–H groups in total. The van der Waals surface area contributed by atoms with Crippen molar-refractivity contribution in [1.29, 1.82) is 0 Å². The molecule has 8 nitrogen and oxygen atoms in total. The van der Waals surface area contributed by atoms with Gasteiger partial charge in [0.15, 0.2) is 0 Å². The van der Waals surface area contributed by atoms with E-state index in [0.29, 0.717) is 52.2 Å². The van der Waals surface area contributed by atoms with Gasteiger partial charge in [-0.3, -0.25) is 23.7 Å². The Balaban J connectivity index is 1.54. The van der Waals surface area contributed by atoms with Gasteiger partial charge in [0.2, 0.25) is 5.91 Å². The predicted molar refractivity (Wildman–Crippen MR) is 137 cm³/mol. The summed E-state index contributed by atoms with van der Waals surface area (Å²) in [6.07, 6.45) is 9.86. The number of pyridine rings is 1. The predicted octanol–water partition coefficient (Wildman–Crippen LogP) is 2.93. The Hall–Kier alpha value is -2.72. The number of nitrogens with two attached hydrogens (primary N) is 1. The van der Waals surface area contributed by atoms with Crippen LogP contribution in [0.3, 0.4) is 0 Å². The van der Waals surface area contributed by atoms with E-state index in [4.69, 9.17) is 22.9 Å². The van der Waals surface area contributed by atoms with Crippen molar-refractivity contribution in [2.45, 2.75) is 51.0 Å². The molecule has 2 aromatic rings. The van der Waals surface area contributed by atoms with Crippen LogP contribution in [0.2, 0.25) is 0 Å². The highest BCUT2D eigenvalue weighted by atomic mass is 32.2. The molecule has 0 atom stereocenters. The average Bonchev–Trinajstić information content (AvgIpc) is 3.14. The van der Waals surface area contributed by atoms with Gasteiger partial charge in [-0.05, 0) is 43.9 Å². The highest BCUT2D eigenvalue weighted by Gasteiger charge is 2.38. The summed E-state index contributed by atoms with van der Waals surface area (Å²) in [6, 6.07) is 5.53. The molecular weight excluding hydrogens is 470 g/mol. The van der Waals surface area contributed by atoms with Crippen molar-refractivity contribution >= 4 is 57.7 Å². The molecule has 4 heterocycles. The van der Waals surface area contributed by atoms with Gasteiger partial charge < -0.3 is 10.6 Å². The van der Waals surface area contributed by atoms with E-state index in [1.54, 1.807) is 29.3 Å². The summed E-state index contributed by atoms with van der Waals surface area (Å²) in [5, 5.41) is 0. The molecule has 3 aliphatic rings. The molecule has 0 aromatic carbocycles. The zero-order chi connectivity index (χ0) is 23.8. The van der Waals surface area contributed by atoms with Crippen molar-refractivity contribution in [2.24, 2.45) is 11.7 Å². The molecule has 5 rings (SSSR count). The van der Waals surface area contributed by atoms with Crippen LogP contribution in [0, 0.1) is 5.92 Å². The number of anilines is 1. The van der Waals surface area contributed by atoms with Crippen molar-refractivity contribution < 1.29 is 9.59 Å². The number of hydrogen-bond donors (Lipinski definition) is 1. The molecule has 2 amide bonds. The molecule has 2 aromatic heterocycles. The number of thiocarbonyl (C=S) groups is 1. The molecule has 1 saturated carbocycles. The quantitative estimate of drug-likeness (QED) is 0.512. The fourth-order valence-corrected chi connectivity index (χ4v) is 6.48.